The van der Waals surface area contributed by atoms with Gasteiger partial charge in [0.05, 0.1) is 24.7 Å². The SMILES string of the molecule is CCOC(=O)[C@@H]1[C@H]2C(=O)OCC(C)=C2C2=CO[C@@H](OCC)C[C@H]2[C@@H]1C. The van der Waals surface area contributed by atoms with Crippen LogP contribution in [0.2, 0.25) is 0 Å². The molecule has 1 saturated carbocycles. The van der Waals surface area contributed by atoms with Gasteiger partial charge in [0.25, 0.3) is 0 Å². The number of esters is 2. The zero-order chi connectivity index (χ0) is 18.1. The summed E-state index contributed by atoms with van der Waals surface area (Å²) in [5.74, 6) is -1.81. The molecule has 0 radical (unpaired) electrons. The van der Waals surface area contributed by atoms with Crippen LogP contribution in [0.4, 0.5) is 0 Å². The van der Waals surface area contributed by atoms with Crippen LogP contribution < -0.4 is 0 Å². The molecule has 0 aromatic heterocycles. The zero-order valence-corrected chi connectivity index (χ0v) is 15.2. The molecule has 25 heavy (non-hydrogen) atoms. The van der Waals surface area contributed by atoms with Crippen molar-refractivity contribution in [1.29, 1.82) is 0 Å². The molecule has 3 rings (SSSR count). The summed E-state index contributed by atoms with van der Waals surface area (Å²) in [5.41, 5.74) is 2.87. The van der Waals surface area contributed by atoms with E-state index in [-0.39, 0.29) is 36.7 Å². The molecule has 0 aromatic carbocycles. The van der Waals surface area contributed by atoms with Crippen molar-refractivity contribution in [2.24, 2.45) is 23.7 Å². The van der Waals surface area contributed by atoms with E-state index in [0.717, 1.165) is 16.7 Å². The monoisotopic (exact) mass is 350 g/mol. The van der Waals surface area contributed by atoms with Crippen molar-refractivity contribution in [2.75, 3.05) is 19.8 Å². The van der Waals surface area contributed by atoms with Gasteiger partial charge in [-0.1, -0.05) is 6.92 Å². The van der Waals surface area contributed by atoms with Crippen LogP contribution in [0.15, 0.2) is 23.0 Å². The van der Waals surface area contributed by atoms with Crippen molar-refractivity contribution >= 4 is 11.9 Å². The van der Waals surface area contributed by atoms with Crippen molar-refractivity contribution < 1.29 is 28.5 Å². The number of hydrogen-bond donors (Lipinski definition) is 0. The summed E-state index contributed by atoms with van der Waals surface area (Å²) in [7, 11) is 0. The smallest absolute Gasteiger partial charge is 0.314 e. The largest absolute Gasteiger partial charge is 0.472 e. The Balaban J connectivity index is 2.04. The minimum Gasteiger partial charge on any atom is -0.472 e. The summed E-state index contributed by atoms with van der Waals surface area (Å²) in [6.07, 6.45) is 2.06. The number of ether oxygens (including phenoxy) is 4. The highest BCUT2D eigenvalue weighted by Crippen LogP contribution is 2.52. The second-order valence-electron chi connectivity index (χ2n) is 6.85. The summed E-state index contributed by atoms with van der Waals surface area (Å²) in [6.45, 7) is 8.76. The van der Waals surface area contributed by atoms with Gasteiger partial charge in [-0.25, -0.2) is 0 Å². The molecule has 0 spiro atoms. The van der Waals surface area contributed by atoms with E-state index in [0.29, 0.717) is 19.6 Å². The van der Waals surface area contributed by atoms with Crippen molar-refractivity contribution in [3.63, 3.8) is 0 Å². The van der Waals surface area contributed by atoms with Gasteiger partial charge in [-0.15, -0.1) is 0 Å². The van der Waals surface area contributed by atoms with Gasteiger partial charge < -0.3 is 18.9 Å². The van der Waals surface area contributed by atoms with E-state index >= 15 is 0 Å². The molecule has 138 valence electrons. The van der Waals surface area contributed by atoms with Gasteiger partial charge in [-0.05, 0) is 49.3 Å². The highest BCUT2D eigenvalue weighted by Gasteiger charge is 2.53. The summed E-state index contributed by atoms with van der Waals surface area (Å²) in [6, 6.07) is 0. The minimum absolute atomic E-state index is 0.0654. The van der Waals surface area contributed by atoms with Gasteiger partial charge in [-0.3, -0.25) is 9.59 Å². The third-order valence-corrected chi connectivity index (χ3v) is 5.43. The van der Waals surface area contributed by atoms with E-state index in [2.05, 4.69) is 0 Å². The molecular formula is C19H26O6. The molecule has 2 aliphatic heterocycles. The molecular weight excluding hydrogens is 324 g/mol. The number of carbonyl (C=O) groups excluding carboxylic acids is 2. The summed E-state index contributed by atoms with van der Waals surface area (Å²) < 4.78 is 21.9. The second kappa shape index (κ2) is 7.20. The van der Waals surface area contributed by atoms with E-state index < -0.39 is 11.8 Å². The van der Waals surface area contributed by atoms with Gasteiger partial charge in [-0.2, -0.15) is 0 Å². The molecule has 0 unspecified atom stereocenters. The summed E-state index contributed by atoms with van der Waals surface area (Å²) >= 11 is 0. The van der Waals surface area contributed by atoms with E-state index in [4.69, 9.17) is 18.9 Å². The van der Waals surface area contributed by atoms with Crippen LogP contribution in [0.25, 0.3) is 0 Å². The minimum atomic E-state index is -0.613. The van der Waals surface area contributed by atoms with Gasteiger partial charge in [0, 0.05) is 13.0 Å². The molecule has 0 N–H and O–H groups in total. The van der Waals surface area contributed by atoms with Crippen LogP contribution in [0.5, 0.6) is 0 Å². The predicted molar refractivity (Wildman–Crippen MR) is 89.1 cm³/mol. The maximum atomic E-state index is 12.7. The maximum absolute atomic E-state index is 12.7. The Hall–Kier alpha value is -1.82. The first-order valence-corrected chi connectivity index (χ1v) is 8.99. The number of rotatable bonds is 4. The number of cyclic esters (lactones) is 1. The highest BCUT2D eigenvalue weighted by molar-refractivity contribution is 5.88. The molecule has 1 aliphatic carbocycles. The Morgan fingerprint density at radius 1 is 1.32 bits per heavy atom. The van der Waals surface area contributed by atoms with Gasteiger partial charge in [0.2, 0.25) is 0 Å². The lowest BCUT2D eigenvalue weighted by Crippen LogP contribution is -2.49. The standard InChI is InChI=1S/C19H26O6/c1-5-22-14-7-12-11(4)16(18(20)23-6-2)17-15(13(12)9-24-14)10(3)8-25-19(17)21/h9,11-12,14,16-17H,5-8H2,1-4H3/t11-,12-,14+,16-,17-/m0/s1. The Bertz CT molecular complexity index is 619. The van der Waals surface area contributed by atoms with E-state index in [1.54, 1.807) is 13.2 Å². The molecule has 0 aromatic rings. The number of allylic oxidation sites excluding steroid dienone is 1. The number of hydrogen-bond acceptors (Lipinski definition) is 6. The fraction of sp³-hybridized carbons (Fsp3) is 0.684. The molecule has 0 saturated heterocycles. The molecule has 1 fully saturated rings. The number of carbonyl (C=O) groups is 2. The molecule has 5 atom stereocenters. The van der Waals surface area contributed by atoms with Gasteiger partial charge in [0.15, 0.2) is 6.29 Å². The summed E-state index contributed by atoms with van der Waals surface area (Å²) in [5, 5.41) is 0. The first-order chi connectivity index (χ1) is 12.0. The van der Waals surface area contributed by atoms with Crippen LogP contribution >= 0.6 is 0 Å². The third-order valence-electron chi connectivity index (χ3n) is 5.43. The second-order valence-corrected chi connectivity index (χ2v) is 6.85. The first-order valence-electron chi connectivity index (χ1n) is 8.99. The molecule has 0 bridgehead atoms. The fourth-order valence-electron chi connectivity index (χ4n) is 4.31. The average Bonchev–Trinajstić information content (AvgIpc) is 2.59. The number of fused-ring (bicyclic) bond motifs is 3. The normalized spacial score (nSPS) is 34.3. The van der Waals surface area contributed by atoms with E-state index in [1.165, 1.54) is 0 Å². The van der Waals surface area contributed by atoms with Crippen LogP contribution in [0, 0.1) is 23.7 Å². The zero-order valence-electron chi connectivity index (χ0n) is 15.2. The van der Waals surface area contributed by atoms with Crippen LogP contribution in [-0.2, 0) is 28.5 Å². The average molecular weight is 350 g/mol. The van der Waals surface area contributed by atoms with Crippen LogP contribution in [0.1, 0.15) is 34.1 Å². The lowest BCUT2D eigenvalue weighted by molar-refractivity contribution is -0.166. The Morgan fingerprint density at radius 2 is 2.08 bits per heavy atom. The van der Waals surface area contributed by atoms with Crippen molar-refractivity contribution in [2.45, 2.75) is 40.4 Å². The Labute approximate surface area is 148 Å². The van der Waals surface area contributed by atoms with E-state index in [1.807, 2.05) is 20.8 Å². The van der Waals surface area contributed by atoms with Crippen molar-refractivity contribution in [3.05, 3.63) is 23.0 Å². The summed E-state index contributed by atoms with van der Waals surface area (Å²) in [4.78, 5) is 25.2. The molecule has 0 amide bonds. The lowest BCUT2D eigenvalue weighted by atomic mass is 9.60. The highest BCUT2D eigenvalue weighted by atomic mass is 16.7. The molecule has 6 heteroatoms. The van der Waals surface area contributed by atoms with Crippen molar-refractivity contribution in [3.8, 4) is 0 Å². The third kappa shape index (κ3) is 3.08. The molecule has 2 heterocycles. The Morgan fingerprint density at radius 3 is 2.76 bits per heavy atom. The maximum Gasteiger partial charge on any atom is 0.314 e. The predicted octanol–water partition coefficient (Wildman–Crippen LogP) is 2.59. The quantitative estimate of drug-likeness (QED) is 0.726. The van der Waals surface area contributed by atoms with Crippen LogP contribution in [0.3, 0.4) is 0 Å². The van der Waals surface area contributed by atoms with E-state index in [9.17, 15) is 9.59 Å². The molecule has 6 nitrogen and oxygen atoms in total. The van der Waals surface area contributed by atoms with Gasteiger partial charge in [0.1, 0.15) is 6.61 Å². The van der Waals surface area contributed by atoms with Gasteiger partial charge >= 0.3 is 11.9 Å². The van der Waals surface area contributed by atoms with Crippen LogP contribution in [-0.4, -0.2) is 38.0 Å². The first kappa shape index (κ1) is 18.0. The Kier molecular flexibility index (Phi) is 5.18. The van der Waals surface area contributed by atoms with Crippen molar-refractivity contribution in [1.82, 2.24) is 0 Å². The fourth-order valence-corrected chi connectivity index (χ4v) is 4.31. The topological polar surface area (TPSA) is 71.1 Å². The molecule has 3 aliphatic rings. The lowest BCUT2D eigenvalue weighted by Gasteiger charge is -2.46.